The van der Waals surface area contributed by atoms with Crippen LogP contribution in [0, 0.1) is 5.82 Å². The minimum Gasteiger partial charge on any atom is -0.478 e. The number of carbonyl (C=O) groups is 1. The monoisotopic (exact) mass is 246 g/mol. The summed E-state index contributed by atoms with van der Waals surface area (Å²) in [6.45, 7) is 0.334. The maximum Gasteiger partial charge on any atom is 0.335 e. The second-order valence-corrected chi connectivity index (χ2v) is 3.67. The molecule has 2 N–H and O–H groups in total. The number of halogens is 1. The second kappa shape index (κ2) is 5.27. The molecule has 0 aliphatic carbocycles. The van der Waals surface area contributed by atoms with Gasteiger partial charge in [0, 0.05) is 6.20 Å². The highest BCUT2D eigenvalue weighted by Crippen LogP contribution is 2.16. The Hall–Kier alpha value is -2.43. The molecule has 0 atom stereocenters. The van der Waals surface area contributed by atoms with Gasteiger partial charge in [0.2, 0.25) is 0 Å². The largest absolute Gasteiger partial charge is 0.478 e. The molecule has 0 fully saturated rings. The Labute approximate surface area is 103 Å². The van der Waals surface area contributed by atoms with Crippen LogP contribution in [-0.4, -0.2) is 16.1 Å². The zero-order valence-electron chi connectivity index (χ0n) is 9.43. The summed E-state index contributed by atoms with van der Waals surface area (Å²) in [5.74, 6) is -1.58. The first kappa shape index (κ1) is 12.0. The van der Waals surface area contributed by atoms with Crippen molar-refractivity contribution in [3.05, 3.63) is 59.7 Å². The highest BCUT2D eigenvalue weighted by molar-refractivity contribution is 5.88. The summed E-state index contributed by atoms with van der Waals surface area (Å²) in [7, 11) is 0. The molecule has 0 aliphatic rings. The van der Waals surface area contributed by atoms with Gasteiger partial charge in [-0.25, -0.2) is 9.18 Å². The van der Waals surface area contributed by atoms with Crippen LogP contribution in [0.15, 0.2) is 42.6 Å². The van der Waals surface area contributed by atoms with E-state index in [2.05, 4.69) is 10.3 Å². The first-order valence-corrected chi connectivity index (χ1v) is 5.33. The van der Waals surface area contributed by atoms with E-state index < -0.39 is 11.8 Å². The maximum absolute atomic E-state index is 13.5. The molecule has 2 rings (SSSR count). The zero-order valence-corrected chi connectivity index (χ0v) is 9.43. The summed E-state index contributed by atoms with van der Waals surface area (Å²) in [6.07, 6.45) is 1.64. The molecule has 0 unspecified atom stereocenters. The molecule has 2 aromatic rings. The number of nitrogens with zero attached hydrogens (tertiary/aromatic N) is 1. The molecule has 0 saturated carbocycles. The van der Waals surface area contributed by atoms with Gasteiger partial charge < -0.3 is 10.4 Å². The van der Waals surface area contributed by atoms with E-state index >= 15 is 0 Å². The molecular formula is C13H11FN2O2. The van der Waals surface area contributed by atoms with Crippen LogP contribution in [0.2, 0.25) is 0 Å². The molecule has 1 heterocycles. The minimum atomic E-state index is -1.09. The number of hydrogen-bond donors (Lipinski definition) is 2. The van der Waals surface area contributed by atoms with Crippen LogP contribution in [0.4, 0.5) is 10.1 Å². The number of carboxylic acid groups (broad SMARTS) is 1. The number of anilines is 1. The van der Waals surface area contributed by atoms with E-state index in [0.717, 1.165) is 11.8 Å². The Morgan fingerprint density at radius 1 is 1.33 bits per heavy atom. The van der Waals surface area contributed by atoms with Crippen molar-refractivity contribution >= 4 is 11.7 Å². The molecule has 0 bridgehead atoms. The fourth-order valence-electron chi connectivity index (χ4n) is 1.48. The normalized spacial score (nSPS) is 10.1. The summed E-state index contributed by atoms with van der Waals surface area (Å²) in [5.41, 5.74) is 0.943. The van der Waals surface area contributed by atoms with Gasteiger partial charge in [-0.05, 0) is 30.3 Å². The van der Waals surface area contributed by atoms with Crippen molar-refractivity contribution < 1.29 is 14.3 Å². The molecule has 5 heteroatoms. The predicted octanol–water partition coefficient (Wildman–Crippen LogP) is 2.53. The van der Waals surface area contributed by atoms with Crippen LogP contribution in [0.25, 0.3) is 0 Å². The third kappa shape index (κ3) is 2.82. The van der Waals surface area contributed by atoms with Crippen molar-refractivity contribution in [3.8, 4) is 0 Å². The number of benzene rings is 1. The van der Waals surface area contributed by atoms with Gasteiger partial charge in [0.05, 0.1) is 23.5 Å². The molecule has 0 radical (unpaired) electrons. The first-order valence-electron chi connectivity index (χ1n) is 5.33. The molecule has 0 amide bonds. The minimum absolute atomic E-state index is 0.0416. The average molecular weight is 246 g/mol. The highest BCUT2D eigenvalue weighted by atomic mass is 19.1. The number of nitrogens with one attached hydrogen (secondary N) is 1. The lowest BCUT2D eigenvalue weighted by Gasteiger charge is -2.07. The Kier molecular flexibility index (Phi) is 3.52. The van der Waals surface area contributed by atoms with E-state index in [4.69, 9.17) is 5.11 Å². The number of carboxylic acids is 1. The van der Waals surface area contributed by atoms with Crippen LogP contribution in [-0.2, 0) is 6.54 Å². The maximum atomic E-state index is 13.5. The summed E-state index contributed by atoms with van der Waals surface area (Å²) in [6, 6.07) is 9.03. The zero-order chi connectivity index (χ0) is 13.0. The van der Waals surface area contributed by atoms with Crippen LogP contribution >= 0.6 is 0 Å². The van der Waals surface area contributed by atoms with E-state index in [9.17, 15) is 9.18 Å². The van der Waals surface area contributed by atoms with E-state index in [1.807, 2.05) is 6.07 Å². The van der Waals surface area contributed by atoms with Gasteiger partial charge in [-0.1, -0.05) is 6.07 Å². The standard InChI is InChI=1S/C13H11FN2O2/c14-11-5-4-9(13(17)18)7-12(11)16-8-10-3-1-2-6-15-10/h1-7,16H,8H2,(H,17,18). The molecule has 4 nitrogen and oxygen atoms in total. The Morgan fingerprint density at radius 3 is 2.83 bits per heavy atom. The molecule has 0 saturated heterocycles. The lowest BCUT2D eigenvalue weighted by atomic mass is 10.2. The van der Waals surface area contributed by atoms with Gasteiger partial charge in [0.25, 0.3) is 0 Å². The first-order chi connectivity index (χ1) is 8.66. The van der Waals surface area contributed by atoms with Crippen molar-refractivity contribution in [2.45, 2.75) is 6.54 Å². The Morgan fingerprint density at radius 2 is 2.17 bits per heavy atom. The van der Waals surface area contributed by atoms with Crippen molar-refractivity contribution in [2.24, 2.45) is 0 Å². The van der Waals surface area contributed by atoms with Crippen molar-refractivity contribution in [1.82, 2.24) is 4.98 Å². The number of hydrogen-bond acceptors (Lipinski definition) is 3. The van der Waals surface area contributed by atoms with Gasteiger partial charge in [-0.2, -0.15) is 0 Å². The number of pyridine rings is 1. The van der Waals surface area contributed by atoms with Gasteiger partial charge in [0.1, 0.15) is 5.82 Å². The molecule has 18 heavy (non-hydrogen) atoms. The molecule has 0 spiro atoms. The van der Waals surface area contributed by atoms with Crippen LogP contribution in [0.3, 0.4) is 0 Å². The van der Waals surface area contributed by atoms with Gasteiger partial charge in [-0.3, -0.25) is 4.98 Å². The Balaban J connectivity index is 2.14. The SMILES string of the molecule is O=C(O)c1ccc(F)c(NCc2ccccn2)c1. The van der Waals surface area contributed by atoms with Crippen molar-refractivity contribution in [3.63, 3.8) is 0 Å². The number of aromatic nitrogens is 1. The quantitative estimate of drug-likeness (QED) is 0.870. The molecular weight excluding hydrogens is 235 g/mol. The summed E-state index contributed by atoms with van der Waals surface area (Å²) >= 11 is 0. The topological polar surface area (TPSA) is 62.2 Å². The number of aromatic carboxylic acids is 1. The molecule has 1 aromatic heterocycles. The van der Waals surface area contributed by atoms with E-state index in [-0.39, 0.29) is 11.3 Å². The fraction of sp³-hybridized carbons (Fsp3) is 0.0769. The molecule has 1 aromatic carbocycles. The molecule has 0 aliphatic heterocycles. The predicted molar refractivity (Wildman–Crippen MR) is 64.9 cm³/mol. The summed E-state index contributed by atoms with van der Waals surface area (Å²) in [4.78, 5) is 14.9. The third-order valence-corrected chi connectivity index (χ3v) is 2.40. The summed E-state index contributed by atoms with van der Waals surface area (Å²) in [5, 5.41) is 11.6. The van der Waals surface area contributed by atoms with Crippen LogP contribution in [0.1, 0.15) is 16.1 Å². The third-order valence-electron chi connectivity index (χ3n) is 2.40. The van der Waals surface area contributed by atoms with Crippen molar-refractivity contribution in [2.75, 3.05) is 5.32 Å². The van der Waals surface area contributed by atoms with E-state index in [1.165, 1.54) is 12.1 Å². The smallest absolute Gasteiger partial charge is 0.335 e. The van der Waals surface area contributed by atoms with Gasteiger partial charge in [-0.15, -0.1) is 0 Å². The van der Waals surface area contributed by atoms with Crippen LogP contribution in [0.5, 0.6) is 0 Å². The summed E-state index contributed by atoms with van der Waals surface area (Å²) < 4.78 is 13.5. The lowest BCUT2D eigenvalue weighted by Crippen LogP contribution is -2.05. The van der Waals surface area contributed by atoms with Gasteiger partial charge >= 0.3 is 5.97 Å². The Bertz CT molecular complexity index is 558. The van der Waals surface area contributed by atoms with Crippen LogP contribution < -0.4 is 5.32 Å². The van der Waals surface area contributed by atoms with Gasteiger partial charge in [0.15, 0.2) is 0 Å². The second-order valence-electron chi connectivity index (χ2n) is 3.67. The van der Waals surface area contributed by atoms with E-state index in [0.29, 0.717) is 6.54 Å². The highest BCUT2D eigenvalue weighted by Gasteiger charge is 2.08. The average Bonchev–Trinajstić information content (AvgIpc) is 2.38. The van der Waals surface area contributed by atoms with E-state index in [1.54, 1.807) is 18.3 Å². The number of rotatable bonds is 4. The molecule has 92 valence electrons. The lowest BCUT2D eigenvalue weighted by molar-refractivity contribution is 0.0697. The fourth-order valence-corrected chi connectivity index (χ4v) is 1.48. The van der Waals surface area contributed by atoms with Crippen molar-refractivity contribution in [1.29, 1.82) is 0 Å².